The molecule has 0 N–H and O–H groups in total. The highest BCUT2D eigenvalue weighted by atomic mass is 16.7. The lowest BCUT2D eigenvalue weighted by Gasteiger charge is -2.17. The van der Waals surface area contributed by atoms with Gasteiger partial charge in [0.1, 0.15) is 5.60 Å². The van der Waals surface area contributed by atoms with E-state index in [0.29, 0.717) is 6.04 Å². The van der Waals surface area contributed by atoms with Crippen molar-refractivity contribution in [1.82, 2.24) is 5.06 Å². The molecule has 2 aliphatic rings. The van der Waals surface area contributed by atoms with Crippen LogP contribution in [-0.4, -0.2) is 29.5 Å². The molecule has 2 aliphatic heterocycles. The van der Waals surface area contributed by atoms with Crippen LogP contribution in [0.25, 0.3) is 0 Å². The highest BCUT2D eigenvalue weighted by molar-refractivity contribution is 5.62. The minimum atomic E-state index is -0.523. The lowest BCUT2D eigenvalue weighted by atomic mass is 9.99. The van der Waals surface area contributed by atoms with Gasteiger partial charge in [0.15, 0.2) is 6.29 Å². The number of carbonyl (C=O) groups excluding carboxylic acids is 1. The summed E-state index contributed by atoms with van der Waals surface area (Å²) in [7, 11) is 0. The first-order valence-electron chi connectivity index (χ1n) is 4.16. The second-order valence-electron chi connectivity index (χ2n) is 3.66. The van der Waals surface area contributed by atoms with Crippen molar-refractivity contribution in [2.24, 2.45) is 0 Å². The molecule has 0 amide bonds. The normalized spacial score (nSPS) is 44.3. The third-order valence-electron chi connectivity index (χ3n) is 2.54. The molecular formula is C8H13NO2. The maximum Gasteiger partial charge on any atom is 0.153 e. The van der Waals surface area contributed by atoms with Crippen molar-refractivity contribution in [3.8, 4) is 0 Å². The van der Waals surface area contributed by atoms with E-state index in [1.807, 2.05) is 12.0 Å². The zero-order valence-corrected chi connectivity index (χ0v) is 6.75. The van der Waals surface area contributed by atoms with E-state index in [1.54, 1.807) is 0 Å². The molecule has 0 aromatic heterocycles. The summed E-state index contributed by atoms with van der Waals surface area (Å²) < 4.78 is 0. The first-order valence-corrected chi connectivity index (χ1v) is 4.16. The zero-order valence-electron chi connectivity index (χ0n) is 6.75. The Bertz CT molecular complexity index is 169. The Balaban J connectivity index is 2.09. The van der Waals surface area contributed by atoms with Crippen molar-refractivity contribution >= 4 is 6.29 Å². The van der Waals surface area contributed by atoms with Crippen LogP contribution in [0.2, 0.25) is 0 Å². The molecule has 2 heterocycles. The third-order valence-corrected chi connectivity index (χ3v) is 2.54. The number of hydrogen-bond acceptors (Lipinski definition) is 3. The molecule has 2 atom stereocenters. The van der Waals surface area contributed by atoms with Gasteiger partial charge in [0, 0.05) is 19.0 Å². The fourth-order valence-corrected chi connectivity index (χ4v) is 1.98. The Morgan fingerprint density at radius 3 is 3.18 bits per heavy atom. The van der Waals surface area contributed by atoms with Crippen LogP contribution in [0.4, 0.5) is 0 Å². The molecule has 62 valence electrons. The van der Waals surface area contributed by atoms with E-state index in [-0.39, 0.29) is 0 Å². The van der Waals surface area contributed by atoms with E-state index in [4.69, 9.17) is 4.84 Å². The summed E-state index contributed by atoms with van der Waals surface area (Å²) in [5, 5.41) is 1.97. The number of hydroxylamine groups is 2. The van der Waals surface area contributed by atoms with Crippen LogP contribution in [0.5, 0.6) is 0 Å². The summed E-state index contributed by atoms with van der Waals surface area (Å²) in [6.07, 6.45) is 4.19. The maximum atomic E-state index is 10.6. The molecule has 0 radical (unpaired) electrons. The van der Waals surface area contributed by atoms with Gasteiger partial charge in [-0.05, 0) is 19.8 Å². The summed E-state index contributed by atoms with van der Waals surface area (Å²) in [6.45, 7) is 2.85. The number of hydrogen-bond donors (Lipinski definition) is 0. The van der Waals surface area contributed by atoms with Crippen molar-refractivity contribution in [2.45, 2.75) is 37.8 Å². The Kier molecular flexibility index (Phi) is 1.51. The van der Waals surface area contributed by atoms with E-state index in [0.717, 1.165) is 19.3 Å². The lowest BCUT2D eigenvalue weighted by molar-refractivity contribution is -0.185. The van der Waals surface area contributed by atoms with Crippen LogP contribution >= 0.6 is 0 Å². The monoisotopic (exact) mass is 155 g/mol. The topological polar surface area (TPSA) is 29.5 Å². The van der Waals surface area contributed by atoms with Gasteiger partial charge in [-0.2, -0.15) is 5.06 Å². The lowest BCUT2D eigenvalue weighted by Crippen LogP contribution is -2.28. The van der Waals surface area contributed by atoms with Gasteiger partial charge in [-0.15, -0.1) is 0 Å². The molecule has 2 unspecified atom stereocenters. The molecule has 3 nitrogen and oxygen atoms in total. The first-order chi connectivity index (χ1) is 5.23. The summed E-state index contributed by atoms with van der Waals surface area (Å²) in [5.41, 5.74) is -0.523. The zero-order chi connectivity index (χ0) is 7.90. The molecule has 11 heavy (non-hydrogen) atoms. The molecule has 0 bridgehead atoms. The second-order valence-corrected chi connectivity index (χ2v) is 3.66. The van der Waals surface area contributed by atoms with Crippen LogP contribution in [0, 0.1) is 0 Å². The third kappa shape index (κ3) is 1.08. The Labute approximate surface area is 66.3 Å². The summed E-state index contributed by atoms with van der Waals surface area (Å²) in [4.78, 5) is 16.1. The molecule has 0 saturated carbocycles. The molecule has 0 aromatic carbocycles. The Morgan fingerprint density at radius 1 is 1.73 bits per heavy atom. The molecule has 0 spiro atoms. The fraction of sp³-hybridized carbons (Fsp3) is 0.875. The molecular weight excluding hydrogens is 142 g/mol. The van der Waals surface area contributed by atoms with E-state index >= 15 is 0 Å². The smallest absolute Gasteiger partial charge is 0.153 e. The quantitative estimate of drug-likeness (QED) is 0.523. The molecule has 0 aliphatic carbocycles. The van der Waals surface area contributed by atoms with E-state index in [1.165, 1.54) is 12.8 Å². The van der Waals surface area contributed by atoms with E-state index < -0.39 is 5.60 Å². The van der Waals surface area contributed by atoms with Crippen molar-refractivity contribution in [1.29, 1.82) is 0 Å². The van der Waals surface area contributed by atoms with Gasteiger partial charge in [0.05, 0.1) is 0 Å². The number of fused-ring (bicyclic) bond motifs is 1. The molecule has 2 saturated heterocycles. The van der Waals surface area contributed by atoms with Gasteiger partial charge in [-0.1, -0.05) is 0 Å². The largest absolute Gasteiger partial charge is 0.300 e. The van der Waals surface area contributed by atoms with Crippen molar-refractivity contribution < 1.29 is 9.63 Å². The van der Waals surface area contributed by atoms with E-state index in [2.05, 4.69) is 0 Å². The SMILES string of the molecule is CC1(C=O)CC2CCCN2O1. The fourth-order valence-electron chi connectivity index (χ4n) is 1.98. The summed E-state index contributed by atoms with van der Waals surface area (Å²) >= 11 is 0. The van der Waals surface area contributed by atoms with E-state index in [9.17, 15) is 4.79 Å². The van der Waals surface area contributed by atoms with Crippen molar-refractivity contribution in [3.05, 3.63) is 0 Å². The van der Waals surface area contributed by atoms with Gasteiger partial charge in [0.2, 0.25) is 0 Å². The van der Waals surface area contributed by atoms with Crippen LogP contribution in [0.15, 0.2) is 0 Å². The Hall–Kier alpha value is -0.410. The number of rotatable bonds is 1. The molecule has 0 aromatic rings. The van der Waals surface area contributed by atoms with Gasteiger partial charge in [0.25, 0.3) is 0 Å². The molecule has 3 heteroatoms. The van der Waals surface area contributed by atoms with Gasteiger partial charge in [-0.25, -0.2) is 0 Å². The molecule has 2 fully saturated rings. The predicted octanol–water partition coefficient (Wildman–Crippen LogP) is 0.744. The van der Waals surface area contributed by atoms with Gasteiger partial charge < -0.3 is 4.79 Å². The standard InChI is InChI=1S/C8H13NO2/c1-8(6-10)5-7-3-2-4-9(7)11-8/h6-7H,2-5H2,1H3. The first kappa shape index (κ1) is 7.25. The van der Waals surface area contributed by atoms with Crippen LogP contribution in [0.1, 0.15) is 26.2 Å². The number of aldehydes is 1. The van der Waals surface area contributed by atoms with Gasteiger partial charge in [-0.3, -0.25) is 4.84 Å². The number of carbonyl (C=O) groups is 1. The highest BCUT2D eigenvalue weighted by Gasteiger charge is 2.44. The average Bonchev–Trinajstić information content (AvgIpc) is 2.46. The summed E-state index contributed by atoms with van der Waals surface area (Å²) in [5.74, 6) is 0. The van der Waals surface area contributed by atoms with Crippen LogP contribution in [-0.2, 0) is 9.63 Å². The Morgan fingerprint density at radius 2 is 2.55 bits per heavy atom. The van der Waals surface area contributed by atoms with Gasteiger partial charge >= 0.3 is 0 Å². The maximum absolute atomic E-state index is 10.6. The molecule has 2 rings (SSSR count). The highest BCUT2D eigenvalue weighted by Crippen LogP contribution is 2.35. The van der Waals surface area contributed by atoms with Crippen LogP contribution in [0.3, 0.4) is 0 Å². The van der Waals surface area contributed by atoms with Crippen molar-refractivity contribution in [3.63, 3.8) is 0 Å². The number of nitrogens with zero attached hydrogens (tertiary/aromatic N) is 1. The predicted molar refractivity (Wildman–Crippen MR) is 39.9 cm³/mol. The summed E-state index contributed by atoms with van der Waals surface area (Å²) in [6, 6.07) is 0.505. The average molecular weight is 155 g/mol. The minimum Gasteiger partial charge on any atom is -0.300 e. The van der Waals surface area contributed by atoms with Crippen LogP contribution < -0.4 is 0 Å². The van der Waals surface area contributed by atoms with Crippen molar-refractivity contribution in [2.75, 3.05) is 6.54 Å². The minimum absolute atomic E-state index is 0.505. The second kappa shape index (κ2) is 2.29.